The Labute approximate surface area is 166 Å². The fourth-order valence-corrected chi connectivity index (χ4v) is 3.10. The molecule has 2 aromatic carbocycles. The highest BCUT2D eigenvalue weighted by atomic mass is 79.9. The lowest BCUT2D eigenvalue weighted by Crippen LogP contribution is -2.10. The molecule has 26 heavy (non-hydrogen) atoms. The zero-order valence-electron chi connectivity index (χ0n) is 14.2. The van der Waals surface area contributed by atoms with Crippen LogP contribution in [0.3, 0.4) is 0 Å². The van der Waals surface area contributed by atoms with Gasteiger partial charge in [-0.1, -0.05) is 57.5 Å². The molecule has 0 spiro atoms. The molecule has 0 atom stereocenters. The monoisotopic (exact) mass is 431 g/mol. The van der Waals surface area contributed by atoms with Crippen molar-refractivity contribution in [1.29, 1.82) is 0 Å². The summed E-state index contributed by atoms with van der Waals surface area (Å²) in [6, 6.07) is 15.6. The maximum absolute atomic E-state index is 12.3. The van der Waals surface area contributed by atoms with E-state index in [1.807, 2.05) is 24.3 Å². The Morgan fingerprint density at radius 1 is 1.04 bits per heavy atom. The molecule has 0 saturated carbocycles. The Morgan fingerprint density at radius 3 is 2.46 bits per heavy atom. The number of ketones is 1. The minimum Gasteiger partial charge on any atom is -0.292 e. The minimum absolute atomic E-state index is 0.00332. The van der Waals surface area contributed by atoms with Crippen molar-refractivity contribution in [2.45, 2.75) is 25.8 Å². The van der Waals surface area contributed by atoms with Crippen LogP contribution in [0.2, 0.25) is 0 Å². The first kappa shape index (κ1) is 18.8. The number of alkyl halides is 1. The fourth-order valence-electron chi connectivity index (χ4n) is 2.65. The number of Topliss-reactive ketones (excluding diaryl/α,β-unsaturated/α-hetero) is 1. The molecule has 0 aliphatic carbocycles. The van der Waals surface area contributed by atoms with Crippen molar-refractivity contribution in [2.24, 2.45) is 0 Å². The summed E-state index contributed by atoms with van der Waals surface area (Å²) in [4.78, 5) is 12.3. The lowest BCUT2D eigenvalue weighted by atomic mass is 10.1. The number of halogens is 2. The van der Waals surface area contributed by atoms with Crippen molar-refractivity contribution in [3.63, 3.8) is 0 Å². The number of rotatable bonds is 8. The molecule has 4 nitrogen and oxygen atoms in total. The first-order valence-corrected chi connectivity index (χ1v) is 9.82. The van der Waals surface area contributed by atoms with Crippen LogP contribution in [-0.4, -0.2) is 26.7 Å². The summed E-state index contributed by atoms with van der Waals surface area (Å²) in [5.41, 5.74) is 3.71. The van der Waals surface area contributed by atoms with Gasteiger partial charge in [0.25, 0.3) is 0 Å². The summed E-state index contributed by atoms with van der Waals surface area (Å²) in [5, 5.41) is 8.27. The van der Waals surface area contributed by atoms with Crippen molar-refractivity contribution in [3.05, 3.63) is 70.3 Å². The van der Waals surface area contributed by atoms with Crippen molar-refractivity contribution in [3.8, 4) is 11.3 Å². The lowest BCUT2D eigenvalue weighted by molar-refractivity contribution is 0.0967. The summed E-state index contributed by atoms with van der Waals surface area (Å²) in [7, 11) is 0. The maximum Gasteiger partial charge on any atom is 0.184 e. The molecule has 3 rings (SSSR count). The molecule has 0 aliphatic heterocycles. The Bertz CT molecular complexity index is 860. The van der Waals surface area contributed by atoms with Gasteiger partial charge in [-0.2, -0.15) is 0 Å². The van der Waals surface area contributed by atoms with Gasteiger partial charge in [0.15, 0.2) is 5.78 Å². The van der Waals surface area contributed by atoms with Crippen LogP contribution >= 0.6 is 27.5 Å². The van der Waals surface area contributed by atoms with Gasteiger partial charge in [0, 0.05) is 21.5 Å². The predicted octanol–water partition coefficient (Wildman–Crippen LogP) is 5.15. The summed E-state index contributed by atoms with van der Waals surface area (Å²) < 4.78 is 2.52. The molecule has 0 saturated heterocycles. The number of carbonyl (C=O) groups is 1. The van der Waals surface area contributed by atoms with Crippen molar-refractivity contribution < 1.29 is 4.79 Å². The topological polar surface area (TPSA) is 47.8 Å². The molecule has 1 aromatic heterocycles. The van der Waals surface area contributed by atoms with E-state index in [4.69, 9.17) is 11.6 Å². The Kier molecular flexibility index (Phi) is 6.58. The normalized spacial score (nSPS) is 10.8. The number of aryl methyl sites for hydroxylation is 1. The van der Waals surface area contributed by atoms with Gasteiger partial charge in [-0.15, -0.1) is 16.7 Å². The van der Waals surface area contributed by atoms with Gasteiger partial charge in [0.2, 0.25) is 0 Å². The molecule has 0 N–H and O–H groups in total. The van der Waals surface area contributed by atoms with Crippen LogP contribution in [0, 0.1) is 0 Å². The highest BCUT2D eigenvalue weighted by molar-refractivity contribution is 9.10. The lowest BCUT2D eigenvalue weighted by Gasteiger charge is -2.02. The van der Waals surface area contributed by atoms with Gasteiger partial charge in [-0.25, -0.2) is 4.68 Å². The van der Waals surface area contributed by atoms with Gasteiger partial charge >= 0.3 is 0 Å². The number of benzene rings is 2. The van der Waals surface area contributed by atoms with E-state index in [2.05, 4.69) is 38.4 Å². The number of hydrogen-bond donors (Lipinski definition) is 0. The molecule has 0 unspecified atom stereocenters. The van der Waals surface area contributed by atoms with E-state index in [9.17, 15) is 4.79 Å². The molecule has 0 bridgehead atoms. The molecular formula is C20H19BrClN3O. The smallest absolute Gasteiger partial charge is 0.184 e. The van der Waals surface area contributed by atoms with Crippen LogP contribution in [-0.2, 0) is 13.0 Å². The van der Waals surface area contributed by atoms with E-state index < -0.39 is 0 Å². The third kappa shape index (κ3) is 5.02. The van der Waals surface area contributed by atoms with Crippen LogP contribution in [0.4, 0.5) is 0 Å². The van der Waals surface area contributed by atoms with Gasteiger partial charge in [-0.05, 0) is 37.0 Å². The van der Waals surface area contributed by atoms with Gasteiger partial charge in [0.1, 0.15) is 12.2 Å². The fraction of sp³-hybridized carbons (Fsp3) is 0.250. The molecule has 0 fully saturated rings. The third-order valence-corrected chi connectivity index (χ3v) is 4.91. The molecule has 0 radical (unpaired) electrons. The summed E-state index contributed by atoms with van der Waals surface area (Å²) >= 11 is 9.08. The van der Waals surface area contributed by atoms with Gasteiger partial charge < -0.3 is 0 Å². The standard InChI is InChI=1S/C20H19BrClN3O/c21-18-10-8-17(9-11-18)20(26)14-25-13-19(23-24-25)16-6-4-15(5-7-16)3-1-2-12-22/h4-11,13H,1-3,12,14H2. The van der Waals surface area contributed by atoms with Gasteiger partial charge in [0.05, 0.1) is 6.20 Å². The van der Waals surface area contributed by atoms with E-state index in [0.29, 0.717) is 11.4 Å². The first-order chi connectivity index (χ1) is 12.7. The highest BCUT2D eigenvalue weighted by Gasteiger charge is 2.10. The van der Waals surface area contributed by atoms with Crippen molar-refractivity contribution in [2.75, 3.05) is 5.88 Å². The minimum atomic E-state index is 0.00332. The molecule has 0 amide bonds. The quantitative estimate of drug-likeness (QED) is 0.281. The number of unbranched alkanes of at least 4 members (excludes halogenated alkanes) is 1. The SMILES string of the molecule is O=C(Cn1cc(-c2ccc(CCCCCl)cc2)nn1)c1ccc(Br)cc1. The number of aromatic nitrogens is 3. The van der Waals surface area contributed by atoms with Crippen molar-refractivity contribution >= 4 is 33.3 Å². The zero-order valence-corrected chi connectivity index (χ0v) is 16.6. The zero-order chi connectivity index (χ0) is 18.4. The van der Waals surface area contributed by atoms with Crippen molar-refractivity contribution in [1.82, 2.24) is 15.0 Å². The Morgan fingerprint density at radius 2 is 1.77 bits per heavy atom. The van der Waals surface area contributed by atoms with Gasteiger partial charge in [-0.3, -0.25) is 4.79 Å². The first-order valence-electron chi connectivity index (χ1n) is 8.50. The number of nitrogens with zero attached hydrogens (tertiary/aromatic N) is 3. The number of hydrogen-bond acceptors (Lipinski definition) is 3. The second-order valence-corrected chi connectivity index (χ2v) is 7.37. The third-order valence-electron chi connectivity index (χ3n) is 4.11. The predicted molar refractivity (Wildman–Crippen MR) is 108 cm³/mol. The second kappa shape index (κ2) is 9.10. The molecular weight excluding hydrogens is 414 g/mol. The molecule has 3 aromatic rings. The summed E-state index contributed by atoms with van der Waals surface area (Å²) in [6.07, 6.45) is 4.96. The Hall–Kier alpha value is -1.98. The average molecular weight is 433 g/mol. The summed E-state index contributed by atoms with van der Waals surface area (Å²) in [6.45, 7) is 0.172. The number of carbonyl (C=O) groups excluding carboxylic acids is 1. The van der Waals surface area contributed by atoms with E-state index in [-0.39, 0.29) is 12.3 Å². The van der Waals surface area contributed by atoms with E-state index >= 15 is 0 Å². The van der Waals surface area contributed by atoms with Crippen LogP contribution in [0.5, 0.6) is 0 Å². The van der Waals surface area contributed by atoms with Crippen LogP contribution in [0.1, 0.15) is 28.8 Å². The summed E-state index contributed by atoms with van der Waals surface area (Å²) in [5.74, 6) is 0.712. The van der Waals surface area contributed by atoms with Crippen LogP contribution in [0.15, 0.2) is 59.2 Å². The largest absolute Gasteiger partial charge is 0.292 e. The molecule has 6 heteroatoms. The second-order valence-electron chi connectivity index (χ2n) is 6.07. The molecule has 1 heterocycles. The molecule has 0 aliphatic rings. The van der Waals surface area contributed by atoms with E-state index in [0.717, 1.165) is 35.0 Å². The molecule has 134 valence electrons. The van der Waals surface area contributed by atoms with Crippen LogP contribution in [0.25, 0.3) is 11.3 Å². The average Bonchev–Trinajstić information content (AvgIpc) is 3.11. The Balaban J connectivity index is 1.63. The van der Waals surface area contributed by atoms with E-state index in [1.165, 1.54) is 5.56 Å². The van der Waals surface area contributed by atoms with E-state index in [1.54, 1.807) is 23.0 Å². The van der Waals surface area contributed by atoms with Crippen LogP contribution < -0.4 is 0 Å². The maximum atomic E-state index is 12.3. The highest BCUT2D eigenvalue weighted by Crippen LogP contribution is 2.18.